The van der Waals surface area contributed by atoms with E-state index in [-0.39, 0.29) is 5.56 Å². The normalized spacial score (nSPS) is 10.1. The maximum Gasteiger partial charge on any atom is 0.266 e. The molecular formula is C9H6ClN3O. The zero-order valence-corrected chi connectivity index (χ0v) is 7.82. The molecule has 0 bridgehead atoms. The Morgan fingerprint density at radius 2 is 1.93 bits per heavy atom. The Balaban J connectivity index is 2.44. The van der Waals surface area contributed by atoms with E-state index in [1.807, 2.05) is 0 Å². The van der Waals surface area contributed by atoms with Crippen LogP contribution in [0.4, 0.5) is 0 Å². The van der Waals surface area contributed by atoms with Crippen molar-refractivity contribution in [3.8, 4) is 11.4 Å². The van der Waals surface area contributed by atoms with Crippen molar-refractivity contribution in [1.29, 1.82) is 0 Å². The molecule has 0 unspecified atom stereocenters. The molecule has 0 spiro atoms. The fraction of sp³-hybridized carbons (Fsp3) is 0. The monoisotopic (exact) mass is 207 g/mol. The average Bonchev–Trinajstić information content (AvgIpc) is 2.21. The molecule has 0 radical (unpaired) electrons. The highest BCUT2D eigenvalue weighted by Gasteiger charge is 1.99. The lowest BCUT2D eigenvalue weighted by Crippen LogP contribution is -2.04. The minimum Gasteiger partial charge on any atom is -0.326 e. The summed E-state index contributed by atoms with van der Waals surface area (Å²) >= 11 is 5.68. The summed E-state index contributed by atoms with van der Waals surface area (Å²) in [5.41, 5.74) is 1.05. The molecule has 0 amide bonds. The number of nitrogens with zero attached hydrogens (tertiary/aromatic N) is 2. The highest BCUT2D eigenvalue weighted by atomic mass is 35.5. The van der Waals surface area contributed by atoms with E-state index in [4.69, 9.17) is 11.6 Å². The predicted octanol–water partition coefficient (Wildman–Crippen LogP) is 1.49. The second-order valence-electron chi connectivity index (χ2n) is 2.66. The third-order valence-electron chi connectivity index (χ3n) is 1.66. The van der Waals surface area contributed by atoms with Crippen LogP contribution in [0, 0.1) is 0 Å². The lowest BCUT2D eigenvalue weighted by Gasteiger charge is -1.97. The molecule has 0 aromatic carbocycles. The third kappa shape index (κ3) is 1.80. The van der Waals surface area contributed by atoms with Crippen LogP contribution in [-0.4, -0.2) is 15.0 Å². The first-order valence-corrected chi connectivity index (χ1v) is 4.30. The van der Waals surface area contributed by atoms with Gasteiger partial charge in [-0.3, -0.25) is 9.78 Å². The molecule has 2 rings (SSSR count). The zero-order valence-electron chi connectivity index (χ0n) is 7.07. The van der Waals surface area contributed by atoms with Crippen molar-refractivity contribution < 1.29 is 0 Å². The number of aromatic amines is 1. The van der Waals surface area contributed by atoms with Crippen molar-refractivity contribution in [2.24, 2.45) is 0 Å². The number of H-pyrrole nitrogens is 1. The minimum absolute atomic E-state index is 0.234. The topological polar surface area (TPSA) is 58.6 Å². The summed E-state index contributed by atoms with van der Waals surface area (Å²) in [4.78, 5) is 21.3. The van der Waals surface area contributed by atoms with Crippen LogP contribution < -0.4 is 5.56 Å². The summed E-state index contributed by atoms with van der Waals surface area (Å²) in [7, 11) is 0. The summed E-state index contributed by atoms with van der Waals surface area (Å²) in [5.74, 6) is 0. The number of pyridine rings is 1. The van der Waals surface area contributed by atoms with Gasteiger partial charge < -0.3 is 4.98 Å². The molecule has 0 aliphatic carbocycles. The van der Waals surface area contributed by atoms with E-state index in [2.05, 4.69) is 15.0 Å². The van der Waals surface area contributed by atoms with Crippen LogP contribution in [0.1, 0.15) is 0 Å². The fourth-order valence-corrected chi connectivity index (χ4v) is 1.12. The van der Waals surface area contributed by atoms with Crippen LogP contribution >= 0.6 is 11.6 Å². The van der Waals surface area contributed by atoms with E-state index in [1.54, 1.807) is 12.1 Å². The fourth-order valence-electron chi connectivity index (χ4n) is 1.01. The van der Waals surface area contributed by atoms with Crippen molar-refractivity contribution >= 4 is 11.6 Å². The van der Waals surface area contributed by atoms with Gasteiger partial charge in [-0.1, -0.05) is 11.6 Å². The number of rotatable bonds is 1. The van der Waals surface area contributed by atoms with Gasteiger partial charge in [0.25, 0.3) is 5.56 Å². The van der Waals surface area contributed by atoms with Gasteiger partial charge in [-0.15, -0.1) is 0 Å². The van der Waals surface area contributed by atoms with E-state index >= 15 is 0 Å². The SMILES string of the molecule is O=c1cnc(-c2ccc(Cl)cn2)c[nH]1. The maximum atomic E-state index is 10.7. The van der Waals surface area contributed by atoms with Crippen LogP contribution in [0.15, 0.2) is 35.5 Å². The van der Waals surface area contributed by atoms with Crippen molar-refractivity contribution in [2.75, 3.05) is 0 Å². The molecule has 0 saturated carbocycles. The molecule has 2 aromatic rings. The van der Waals surface area contributed by atoms with Gasteiger partial charge in [0.05, 0.1) is 16.9 Å². The van der Waals surface area contributed by atoms with E-state index in [0.29, 0.717) is 16.4 Å². The van der Waals surface area contributed by atoms with E-state index in [9.17, 15) is 4.79 Å². The van der Waals surface area contributed by atoms with Crippen LogP contribution in [0.3, 0.4) is 0 Å². The Kier molecular flexibility index (Phi) is 2.28. The van der Waals surface area contributed by atoms with Gasteiger partial charge in [0.15, 0.2) is 0 Å². The van der Waals surface area contributed by atoms with Gasteiger partial charge in [0, 0.05) is 12.4 Å². The van der Waals surface area contributed by atoms with Gasteiger partial charge in [-0.2, -0.15) is 0 Å². The Morgan fingerprint density at radius 1 is 1.14 bits per heavy atom. The molecule has 0 aliphatic heterocycles. The van der Waals surface area contributed by atoms with Crippen molar-refractivity contribution in [3.63, 3.8) is 0 Å². The van der Waals surface area contributed by atoms with Gasteiger partial charge in [-0.25, -0.2) is 4.98 Å². The van der Waals surface area contributed by atoms with Crippen molar-refractivity contribution in [2.45, 2.75) is 0 Å². The number of halogens is 1. The van der Waals surface area contributed by atoms with E-state index < -0.39 is 0 Å². The van der Waals surface area contributed by atoms with Crippen LogP contribution in [-0.2, 0) is 0 Å². The largest absolute Gasteiger partial charge is 0.326 e. The van der Waals surface area contributed by atoms with Crippen molar-refractivity contribution in [1.82, 2.24) is 15.0 Å². The third-order valence-corrected chi connectivity index (χ3v) is 1.89. The number of hydrogen-bond acceptors (Lipinski definition) is 3. The minimum atomic E-state index is -0.234. The van der Waals surface area contributed by atoms with Gasteiger partial charge in [0.1, 0.15) is 5.69 Å². The number of nitrogens with one attached hydrogen (secondary N) is 1. The van der Waals surface area contributed by atoms with Crippen LogP contribution in [0.2, 0.25) is 5.02 Å². The summed E-state index contributed by atoms with van der Waals surface area (Å²) in [6, 6.07) is 3.46. The molecule has 2 heterocycles. The average molecular weight is 208 g/mol. The standard InChI is InChI=1S/C9H6ClN3O/c10-6-1-2-7(11-3-6)8-4-13-9(14)5-12-8/h1-5H,(H,13,14). The first-order valence-electron chi connectivity index (χ1n) is 3.92. The Labute approximate surface area is 84.6 Å². The van der Waals surface area contributed by atoms with Crippen LogP contribution in [0.25, 0.3) is 11.4 Å². The summed E-state index contributed by atoms with van der Waals surface area (Å²) in [6.07, 6.45) is 4.26. The predicted molar refractivity (Wildman–Crippen MR) is 53.1 cm³/mol. The molecule has 70 valence electrons. The lowest BCUT2D eigenvalue weighted by atomic mass is 10.3. The molecule has 14 heavy (non-hydrogen) atoms. The second-order valence-corrected chi connectivity index (χ2v) is 3.09. The Hall–Kier alpha value is -1.68. The Morgan fingerprint density at radius 3 is 2.50 bits per heavy atom. The molecule has 0 saturated heterocycles. The summed E-state index contributed by atoms with van der Waals surface area (Å²) in [5, 5.41) is 0.568. The van der Waals surface area contributed by atoms with Crippen molar-refractivity contribution in [3.05, 3.63) is 46.1 Å². The first kappa shape index (κ1) is 8.90. The Bertz CT molecular complexity index is 472. The molecule has 0 atom stereocenters. The molecule has 0 aliphatic rings. The van der Waals surface area contributed by atoms with E-state index in [0.717, 1.165) is 0 Å². The molecule has 1 N–H and O–H groups in total. The maximum absolute atomic E-state index is 10.7. The summed E-state index contributed by atoms with van der Waals surface area (Å²) in [6.45, 7) is 0. The highest BCUT2D eigenvalue weighted by Crippen LogP contribution is 2.13. The quantitative estimate of drug-likeness (QED) is 0.771. The van der Waals surface area contributed by atoms with Gasteiger partial charge >= 0.3 is 0 Å². The van der Waals surface area contributed by atoms with E-state index in [1.165, 1.54) is 18.6 Å². The van der Waals surface area contributed by atoms with Gasteiger partial charge in [-0.05, 0) is 12.1 Å². The smallest absolute Gasteiger partial charge is 0.266 e. The number of hydrogen-bond donors (Lipinski definition) is 1. The number of aromatic nitrogens is 3. The molecule has 0 fully saturated rings. The molecule has 2 aromatic heterocycles. The molecule has 4 nitrogen and oxygen atoms in total. The first-order chi connectivity index (χ1) is 6.75. The van der Waals surface area contributed by atoms with Gasteiger partial charge in [0.2, 0.25) is 0 Å². The van der Waals surface area contributed by atoms with Crippen LogP contribution in [0.5, 0.6) is 0 Å². The molecule has 5 heteroatoms. The summed E-state index contributed by atoms with van der Waals surface area (Å²) < 4.78 is 0. The zero-order chi connectivity index (χ0) is 9.97. The molecular weight excluding hydrogens is 202 g/mol. The highest BCUT2D eigenvalue weighted by molar-refractivity contribution is 6.30. The lowest BCUT2D eigenvalue weighted by molar-refractivity contribution is 1.13. The second kappa shape index (κ2) is 3.59.